The van der Waals surface area contributed by atoms with Crippen LogP contribution in [0.2, 0.25) is 0 Å². The van der Waals surface area contributed by atoms with E-state index in [1.54, 1.807) is 6.20 Å². The Balaban J connectivity index is 1.20. The lowest BCUT2D eigenvalue weighted by molar-refractivity contribution is -0.109. The van der Waals surface area contributed by atoms with Gasteiger partial charge in [-0.1, -0.05) is 0 Å². The number of H-pyrrole nitrogens is 1. The van der Waals surface area contributed by atoms with Crippen LogP contribution < -0.4 is 4.74 Å². The van der Waals surface area contributed by atoms with E-state index in [2.05, 4.69) is 35.8 Å². The second-order valence-corrected chi connectivity index (χ2v) is 7.99. The standard InChI is InChI=1S/C24H26N6O2/c31-16-15-29-11-9-28(10-12-29)13-14-30-24-6-5-22(17-20(24)18-26-30)32-21-3-1-19(2-4-21)23-7-8-25-27-23/h1-8,16-18H,9-15H2,(H,25,27). The maximum absolute atomic E-state index is 10.7. The molecule has 0 unspecified atom stereocenters. The van der Waals surface area contributed by atoms with E-state index in [0.717, 1.165) is 79.2 Å². The number of benzene rings is 2. The monoisotopic (exact) mass is 430 g/mol. The molecule has 0 atom stereocenters. The summed E-state index contributed by atoms with van der Waals surface area (Å²) in [6.45, 7) is 6.20. The van der Waals surface area contributed by atoms with Crippen molar-refractivity contribution >= 4 is 17.2 Å². The van der Waals surface area contributed by atoms with Crippen LogP contribution in [0.5, 0.6) is 11.5 Å². The molecule has 32 heavy (non-hydrogen) atoms. The number of hydrogen-bond donors (Lipinski definition) is 1. The number of aldehydes is 1. The zero-order valence-electron chi connectivity index (χ0n) is 17.9. The Morgan fingerprint density at radius 2 is 1.72 bits per heavy atom. The van der Waals surface area contributed by atoms with Gasteiger partial charge in [0.25, 0.3) is 0 Å². The highest BCUT2D eigenvalue weighted by molar-refractivity contribution is 5.80. The van der Waals surface area contributed by atoms with Crippen molar-refractivity contribution in [1.82, 2.24) is 29.8 Å². The van der Waals surface area contributed by atoms with Crippen LogP contribution in [-0.2, 0) is 11.3 Å². The Hall–Kier alpha value is -3.49. The van der Waals surface area contributed by atoms with Crippen molar-refractivity contribution in [2.24, 2.45) is 0 Å². The van der Waals surface area contributed by atoms with E-state index in [1.807, 2.05) is 48.7 Å². The van der Waals surface area contributed by atoms with Crippen LogP contribution >= 0.6 is 0 Å². The molecular formula is C24H26N6O2. The highest BCUT2D eigenvalue weighted by atomic mass is 16.5. The lowest BCUT2D eigenvalue weighted by atomic mass is 10.1. The van der Waals surface area contributed by atoms with Crippen LogP contribution in [0.3, 0.4) is 0 Å². The number of nitrogens with one attached hydrogen (secondary N) is 1. The molecule has 0 radical (unpaired) electrons. The fourth-order valence-corrected chi connectivity index (χ4v) is 4.10. The second kappa shape index (κ2) is 9.33. The normalized spacial score (nSPS) is 15.2. The minimum Gasteiger partial charge on any atom is -0.457 e. The van der Waals surface area contributed by atoms with Gasteiger partial charge in [-0.15, -0.1) is 0 Å². The fourth-order valence-electron chi connectivity index (χ4n) is 4.10. The lowest BCUT2D eigenvalue weighted by Gasteiger charge is -2.33. The molecule has 0 spiro atoms. The summed E-state index contributed by atoms with van der Waals surface area (Å²) in [5.74, 6) is 1.58. The van der Waals surface area contributed by atoms with Crippen molar-refractivity contribution in [2.75, 3.05) is 39.3 Å². The van der Waals surface area contributed by atoms with Crippen molar-refractivity contribution < 1.29 is 9.53 Å². The molecule has 1 saturated heterocycles. The molecule has 0 bridgehead atoms. The lowest BCUT2D eigenvalue weighted by Crippen LogP contribution is -2.47. The number of carbonyl (C=O) groups excluding carboxylic acids is 1. The number of hydrogen-bond acceptors (Lipinski definition) is 6. The first-order valence-electron chi connectivity index (χ1n) is 10.9. The number of fused-ring (bicyclic) bond motifs is 1. The summed E-state index contributed by atoms with van der Waals surface area (Å²) < 4.78 is 8.10. The van der Waals surface area contributed by atoms with Crippen molar-refractivity contribution in [3.63, 3.8) is 0 Å². The smallest absolute Gasteiger partial charge is 0.133 e. The molecule has 0 saturated carbocycles. The second-order valence-electron chi connectivity index (χ2n) is 7.99. The van der Waals surface area contributed by atoms with Crippen LogP contribution in [0.15, 0.2) is 60.9 Å². The molecule has 1 aliphatic heterocycles. The molecule has 2 aromatic heterocycles. The van der Waals surface area contributed by atoms with E-state index >= 15 is 0 Å². The van der Waals surface area contributed by atoms with Crippen molar-refractivity contribution in [1.29, 1.82) is 0 Å². The van der Waals surface area contributed by atoms with E-state index in [0.29, 0.717) is 6.54 Å². The zero-order chi connectivity index (χ0) is 21.8. The van der Waals surface area contributed by atoms with Gasteiger partial charge in [-0.3, -0.25) is 19.6 Å². The first-order valence-corrected chi connectivity index (χ1v) is 10.9. The number of ether oxygens (including phenoxy) is 1. The third-order valence-corrected chi connectivity index (χ3v) is 5.94. The van der Waals surface area contributed by atoms with Gasteiger partial charge in [-0.25, -0.2) is 0 Å². The Kier molecular flexibility index (Phi) is 5.96. The average Bonchev–Trinajstić information content (AvgIpc) is 3.50. The van der Waals surface area contributed by atoms with E-state index < -0.39 is 0 Å². The molecular weight excluding hydrogens is 404 g/mol. The number of aromatic amines is 1. The zero-order valence-corrected chi connectivity index (χ0v) is 17.9. The molecule has 2 aromatic carbocycles. The van der Waals surface area contributed by atoms with Gasteiger partial charge in [0.1, 0.15) is 17.8 Å². The largest absolute Gasteiger partial charge is 0.457 e. The van der Waals surface area contributed by atoms with Gasteiger partial charge in [0, 0.05) is 44.3 Å². The van der Waals surface area contributed by atoms with Crippen molar-refractivity contribution in [3.05, 3.63) is 60.9 Å². The Bertz CT molecular complexity index is 1160. The molecule has 0 aliphatic carbocycles. The molecule has 5 rings (SSSR count). The molecule has 1 aliphatic rings. The van der Waals surface area contributed by atoms with Crippen LogP contribution in [0.4, 0.5) is 0 Å². The summed E-state index contributed by atoms with van der Waals surface area (Å²) in [5, 5.41) is 12.6. The highest BCUT2D eigenvalue weighted by Gasteiger charge is 2.16. The van der Waals surface area contributed by atoms with Gasteiger partial charge in [0.15, 0.2) is 0 Å². The van der Waals surface area contributed by atoms with Crippen LogP contribution in [0.1, 0.15) is 0 Å². The van der Waals surface area contributed by atoms with E-state index in [9.17, 15) is 4.79 Å². The predicted octanol–water partition coefficient (Wildman–Crippen LogP) is 3.04. The van der Waals surface area contributed by atoms with E-state index in [-0.39, 0.29) is 0 Å². The predicted molar refractivity (Wildman–Crippen MR) is 123 cm³/mol. The first kappa shape index (κ1) is 20.4. The third-order valence-electron chi connectivity index (χ3n) is 5.94. The van der Waals surface area contributed by atoms with Crippen LogP contribution in [-0.4, -0.2) is 75.3 Å². The Morgan fingerprint density at radius 3 is 2.47 bits per heavy atom. The van der Waals surface area contributed by atoms with E-state index in [4.69, 9.17) is 4.74 Å². The average molecular weight is 431 g/mol. The SMILES string of the molecule is O=CCN1CCN(CCn2ncc3cc(Oc4ccc(-c5ccn[nH]5)cc4)ccc32)CC1. The highest BCUT2D eigenvalue weighted by Crippen LogP contribution is 2.27. The molecule has 0 amide bonds. The van der Waals surface area contributed by atoms with E-state index in [1.165, 1.54) is 0 Å². The summed E-state index contributed by atoms with van der Waals surface area (Å²) in [4.78, 5) is 15.3. The van der Waals surface area contributed by atoms with Crippen molar-refractivity contribution in [2.45, 2.75) is 6.54 Å². The topological polar surface area (TPSA) is 79.3 Å². The molecule has 164 valence electrons. The Labute approximate surface area is 186 Å². The van der Waals surface area contributed by atoms with Gasteiger partial charge in [-0.2, -0.15) is 10.2 Å². The fraction of sp³-hybridized carbons (Fsp3) is 0.292. The van der Waals surface area contributed by atoms with Gasteiger partial charge >= 0.3 is 0 Å². The van der Waals surface area contributed by atoms with Gasteiger partial charge in [0.2, 0.25) is 0 Å². The molecule has 8 heteroatoms. The van der Waals surface area contributed by atoms with Crippen molar-refractivity contribution in [3.8, 4) is 22.8 Å². The summed E-state index contributed by atoms with van der Waals surface area (Å²) >= 11 is 0. The van der Waals surface area contributed by atoms with Gasteiger partial charge in [0.05, 0.1) is 30.5 Å². The number of carbonyl (C=O) groups is 1. The maximum Gasteiger partial charge on any atom is 0.133 e. The minimum absolute atomic E-state index is 0.538. The number of piperazine rings is 1. The van der Waals surface area contributed by atoms with Crippen LogP contribution in [0, 0.1) is 0 Å². The summed E-state index contributed by atoms with van der Waals surface area (Å²) in [7, 11) is 0. The van der Waals surface area contributed by atoms with Gasteiger partial charge < -0.3 is 9.53 Å². The molecule has 3 heterocycles. The van der Waals surface area contributed by atoms with Crippen LogP contribution in [0.25, 0.3) is 22.2 Å². The summed E-state index contributed by atoms with van der Waals surface area (Å²) in [5.41, 5.74) is 3.15. The first-order chi connectivity index (χ1) is 15.8. The molecule has 1 fully saturated rings. The molecule has 1 N–H and O–H groups in total. The molecule has 8 nitrogen and oxygen atoms in total. The maximum atomic E-state index is 10.7. The number of nitrogens with zero attached hydrogens (tertiary/aromatic N) is 5. The summed E-state index contributed by atoms with van der Waals surface area (Å²) in [6, 6.07) is 16.0. The molecule has 4 aromatic rings. The third kappa shape index (κ3) is 4.56. The number of aromatic nitrogens is 4. The quantitative estimate of drug-likeness (QED) is 0.433. The minimum atomic E-state index is 0.538. The van der Waals surface area contributed by atoms with Gasteiger partial charge in [-0.05, 0) is 54.1 Å². The Morgan fingerprint density at radius 1 is 0.938 bits per heavy atom. The number of rotatable bonds is 8. The summed E-state index contributed by atoms with van der Waals surface area (Å²) in [6.07, 6.45) is 4.62.